The van der Waals surface area contributed by atoms with Crippen LogP contribution in [0, 0.1) is 11.7 Å². The first-order chi connectivity index (χ1) is 10.0. The van der Waals surface area contributed by atoms with Crippen LogP contribution in [0.15, 0.2) is 18.3 Å². The lowest BCUT2D eigenvalue weighted by Crippen LogP contribution is -2.33. The van der Waals surface area contributed by atoms with Gasteiger partial charge in [-0.2, -0.15) is 5.10 Å². The Morgan fingerprint density at radius 2 is 2.05 bits per heavy atom. The summed E-state index contributed by atoms with van der Waals surface area (Å²) in [7, 11) is 0.318. The summed E-state index contributed by atoms with van der Waals surface area (Å²) in [4.78, 5) is 2.31. The van der Waals surface area contributed by atoms with Crippen molar-refractivity contribution in [1.29, 1.82) is 0 Å². The molecule has 112 valence electrons. The standard InChI is InChI=1S/C14H19BFN3O2/c1-18-4-2-10(3-5-18)9-19-14-7-12(15(20)21)13(16)6-11(14)8-17-19/h6-8,10,20-21H,2-5,9H2,1H3. The zero-order chi connectivity index (χ0) is 15.0. The highest BCUT2D eigenvalue weighted by Gasteiger charge is 2.21. The maximum atomic E-state index is 13.7. The molecule has 1 fully saturated rings. The Labute approximate surface area is 123 Å². The number of fused-ring (bicyclic) bond motifs is 1. The number of halogens is 1. The van der Waals surface area contributed by atoms with Gasteiger partial charge in [-0.05, 0) is 51.0 Å². The number of hydrogen-bond acceptors (Lipinski definition) is 4. The predicted octanol–water partition coefficient (Wildman–Crippen LogP) is 0.197. The van der Waals surface area contributed by atoms with Gasteiger partial charge in [0.05, 0.1) is 11.7 Å². The van der Waals surface area contributed by atoms with Crippen LogP contribution in [0.5, 0.6) is 0 Å². The highest BCUT2D eigenvalue weighted by molar-refractivity contribution is 6.59. The zero-order valence-electron chi connectivity index (χ0n) is 12.0. The van der Waals surface area contributed by atoms with E-state index in [4.69, 9.17) is 0 Å². The molecule has 7 heteroatoms. The molecule has 0 radical (unpaired) electrons. The van der Waals surface area contributed by atoms with Crippen molar-refractivity contribution in [3.8, 4) is 0 Å². The molecule has 1 aliphatic rings. The molecule has 5 nitrogen and oxygen atoms in total. The Morgan fingerprint density at radius 3 is 2.71 bits per heavy atom. The molecule has 0 unspecified atom stereocenters. The van der Waals surface area contributed by atoms with E-state index in [1.807, 2.05) is 4.68 Å². The summed E-state index contributed by atoms with van der Waals surface area (Å²) in [5, 5.41) is 23.5. The SMILES string of the molecule is CN1CCC(Cn2ncc3cc(F)c(B(O)O)cc32)CC1. The highest BCUT2D eigenvalue weighted by Crippen LogP contribution is 2.21. The summed E-state index contributed by atoms with van der Waals surface area (Å²) in [6.07, 6.45) is 3.87. The minimum atomic E-state index is -1.80. The Hall–Kier alpha value is -1.44. The van der Waals surface area contributed by atoms with Gasteiger partial charge in [-0.1, -0.05) is 0 Å². The maximum absolute atomic E-state index is 13.7. The van der Waals surface area contributed by atoms with Crippen molar-refractivity contribution in [3.63, 3.8) is 0 Å². The van der Waals surface area contributed by atoms with Crippen LogP contribution in [0.2, 0.25) is 0 Å². The lowest BCUT2D eigenvalue weighted by atomic mass is 9.79. The van der Waals surface area contributed by atoms with Crippen molar-refractivity contribution in [1.82, 2.24) is 14.7 Å². The Morgan fingerprint density at radius 1 is 1.33 bits per heavy atom. The number of hydrogen-bond donors (Lipinski definition) is 2. The predicted molar refractivity (Wildman–Crippen MR) is 79.7 cm³/mol. The molecule has 21 heavy (non-hydrogen) atoms. The molecule has 0 amide bonds. The van der Waals surface area contributed by atoms with E-state index in [1.165, 1.54) is 12.1 Å². The number of likely N-dealkylation sites (tertiary alicyclic amines) is 1. The molecule has 2 aromatic rings. The fourth-order valence-corrected chi connectivity index (χ4v) is 2.95. The number of rotatable bonds is 3. The number of aromatic nitrogens is 2. The fraction of sp³-hybridized carbons (Fsp3) is 0.500. The molecule has 1 aromatic carbocycles. The summed E-state index contributed by atoms with van der Waals surface area (Å²) in [5.41, 5.74) is 0.644. The van der Waals surface area contributed by atoms with E-state index >= 15 is 0 Å². The van der Waals surface area contributed by atoms with Crippen LogP contribution in [-0.4, -0.2) is 52.0 Å². The van der Waals surface area contributed by atoms with Crippen molar-refractivity contribution >= 4 is 23.5 Å². The normalized spacial score (nSPS) is 17.5. The van der Waals surface area contributed by atoms with Gasteiger partial charge < -0.3 is 14.9 Å². The van der Waals surface area contributed by atoms with Crippen molar-refractivity contribution in [2.24, 2.45) is 5.92 Å². The van der Waals surface area contributed by atoms with Gasteiger partial charge in [0.2, 0.25) is 0 Å². The minimum Gasteiger partial charge on any atom is -0.423 e. The fourth-order valence-electron chi connectivity index (χ4n) is 2.95. The molecular formula is C14H19BFN3O2. The quantitative estimate of drug-likeness (QED) is 0.793. The first kappa shape index (κ1) is 14.5. The smallest absolute Gasteiger partial charge is 0.423 e. The monoisotopic (exact) mass is 291 g/mol. The maximum Gasteiger partial charge on any atom is 0.491 e. The first-order valence-electron chi connectivity index (χ1n) is 7.24. The molecule has 2 heterocycles. The summed E-state index contributed by atoms with van der Waals surface area (Å²) in [6.45, 7) is 2.95. The van der Waals surface area contributed by atoms with E-state index in [9.17, 15) is 14.4 Å². The molecule has 2 N–H and O–H groups in total. The van der Waals surface area contributed by atoms with E-state index < -0.39 is 12.9 Å². The summed E-state index contributed by atoms with van der Waals surface area (Å²) >= 11 is 0. The molecule has 0 spiro atoms. The van der Waals surface area contributed by atoms with Gasteiger partial charge in [-0.25, -0.2) is 4.39 Å². The third-order valence-corrected chi connectivity index (χ3v) is 4.31. The first-order valence-corrected chi connectivity index (χ1v) is 7.24. The second-order valence-corrected chi connectivity index (χ2v) is 5.88. The second kappa shape index (κ2) is 5.75. The summed E-state index contributed by atoms with van der Waals surface area (Å²) in [5.74, 6) is -0.0619. The van der Waals surface area contributed by atoms with E-state index in [2.05, 4.69) is 17.0 Å². The number of piperidine rings is 1. The van der Waals surface area contributed by atoms with Gasteiger partial charge in [0, 0.05) is 17.4 Å². The van der Waals surface area contributed by atoms with Gasteiger partial charge in [-0.3, -0.25) is 4.68 Å². The average Bonchev–Trinajstić information content (AvgIpc) is 2.82. The molecule has 1 aromatic heterocycles. The Bertz CT molecular complexity index is 638. The van der Waals surface area contributed by atoms with Gasteiger partial charge >= 0.3 is 7.12 Å². The third kappa shape index (κ3) is 2.95. The van der Waals surface area contributed by atoms with E-state index in [-0.39, 0.29) is 5.46 Å². The molecule has 1 aliphatic heterocycles. The average molecular weight is 291 g/mol. The Balaban J connectivity index is 1.87. The van der Waals surface area contributed by atoms with E-state index in [0.717, 1.165) is 38.0 Å². The molecule has 1 saturated heterocycles. The van der Waals surface area contributed by atoms with E-state index in [0.29, 0.717) is 11.3 Å². The van der Waals surface area contributed by atoms with Crippen molar-refractivity contribution in [2.45, 2.75) is 19.4 Å². The summed E-state index contributed by atoms with van der Waals surface area (Å²) < 4.78 is 15.6. The van der Waals surface area contributed by atoms with E-state index in [1.54, 1.807) is 6.20 Å². The third-order valence-electron chi connectivity index (χ3n) is 4.31. The van der Waals surface area contributed by atoms with Crippen molar-refractivity contribution < 1.29 is 14.4 Å². The Kier molecular flexibility index (Phi) is 3.97. The molecule has 0 saturated carbocycles. The van der Waals surface area contributed by atoms with Gasteiger partial charge in [0.15, 0.2) is 0 Å². The zero-order valence-corrected chi connectivity index (χ0v) is 12.0. The van der Waals surface area contributed by atoms with Crippen LogP contribution in [0.4, 0.5) is 4.39 Å². The lowest BCUT2D eigenvalue weighted by molar-refractivity contribution is 0.203. The molecule has 0 bridgehead atoms. The number of benzene rings is 1. The van der Waals surface area contributed by atoms with Crippen LogP contribution < -0.4 is 5.46 Å². The van der Waals surface area contributed by atoms with Crippen LogP contribution in [0.1, 0.15) is 12.8 Å². The molecule has 0 atom stereocenters. The van der Waals surface area contributed by atoms with Gasteiger partial charge in [0.25, 0.3) is 0 Å². The van der Waals surface area contributed by atoms with Crippen molar-refractivity contribution in [3.05, 3.63) is 24.1 Å². The van der Waals surface area contributed by atoms with Gasteiger partial charge in [0.1, 0.15) is 5.82 Å². The topological polar surface area (TPSA) is 61.5 Å². The summed E-state index contributed by atoms with van der Waals surface area (Å²) in [6, 6.07) is 2.79. The van der Waals surface area contributed by atoms with Crippen molar-refractivity contribution in [2.75, 3.05) is 20.1 Å². The highest BCUT2D eigenvalue weighted by atomic mass is 19.1. The largest absolute Gasteiger partial charge is 0.491 e. The number of nitrogens with zero attached hydrogens (tertiary/aromatic N) is 3. The molecule has 0 aliphatic carbocycles. The van der Waals surface area contributed by atoms with Crippen LogP contribution in [-0.2, 0) is 6.54 Å². The second-order valence-electron chi connectivity index (χ2n) is 5.88. The lowest BCUT2D eigenvalue weighted by Gasteiger charge is -2.28. The van der Waals surface area contributed by atoms with Crippen LogP contribution in [0.3, 0.4) is 0 Å². The molecule has 3 rings (SSSR count). The van der Waals surface area contributed by atoms with Gasteiger partial charge in [-0.15, -0.1) is 0 Å². The minimum absolute atomic E-state index is 0.104. The van der Waals surface area contributed by atoms with Crippen LogP contribution in [0.25, 0.3) is 10.9 Å². The molecular weight excluding hydrogens is 272 g/mol. The van der Waals surface area contributed by atoms with Crippen LogP contribution >= 0.6 is 0 Å².